The first-order valence-corrected chi connectivity index (χ1v) is 50.8. The highest BCUT2D eigenvalue weighted by molar-refractivity contribution is 7.26. The first-order valence-electron chi connectivity index (χ1n) is 50.0. The van der Waals surface area contributed by atoms with Crippen LogP contribution in [0.15, 0.2) is 538 Å². The topological polar surface area (TPSA) is 42.7 Å². The zero-order chi connectivity index (χ0) is 96.0. The molecule has 0 saturated heterocycles. The van der Waals surface area contributed by atoms with Crippen molar-refractivity contribution in [1.82, 2.24) is 27.4 Å². The summed E-state index contributed by atoms with van der Waals surface area (Å²) in [5.41, 5.74) is 37.7. The second-order valence-electron chi connectivity index (χ2n) is 37.9. The number of para-hydroxylation sites is 12. The van der Waals surface area contributed by atoms with Gasteiger partial charge in [-0.25, -0.2) is 0 Å². The van der Waals surface area contributed by atoms with Crippen molar-refractivity contribution >= 4 is 184 Å². The molecule has 0 aliphatic heterocycles. The summed E-state index contributed by atoms with van der Waals surface area (Å²) in [5.74, 6) is 0. The van der Waals surface area contributed by atoms with E-state index < -0.39 is 0 Å². The summed E-state index contributed by atoms with van der Waals surface area (Å²) in [5, 5.41) is 20.0. The maximum absolute atomic E-state index is 6.43. The van der Waals surface area contributed by atoms with Gasteiger partial charge in [-0.05, 0) is 196 Å². The Morgan fingerprint density at radius 3 is 0.925 bits per heavy atom. The SMILES string of the molecule is c1ccc(-c2ccc(-n3c4ccccc4c4c5c6ccccc6n(-c6cccc(-c7ccccc7)c6)c5ccc43)cc2)cc1.c1ccc(-n2c3ccccc3c3c2c(-c2ccc(-c4cccc5c4oc4ccccc45)cc2)cc2c4ccccc4n(-c4ccccc4)c23)cc1.c1ccc(-n2c3ccccc3c3c2c(-c2ccc(-c4cccc5c4sc4ccccc45)cc2)cc2c4ccccc4n(-c4ccccc4)c23)cc1. The van der Waals surface area contributed by atoms with Crippen molar-refractivity contribution in [3.8, 4) is 101 Å². The Bertz CT molecular complexity index is 10200. The molecular formula is C138H88N6OS. The predicted octanol–water partition coefficient (Wildman–Crippen LogP) is 37.9. The Hall–Kier alpha value is -19.1. The van der Waals surface area contributed by atoms with Crippen molar-refractivity contribution in [2.75, 3.05) is 0 Å². The molecule has 0 saturated carbocycles. The first-order chi connectivity index (χ1) is 72.5. The molecule has 0 unspecified atom stereocenters. The molecule has 146 heavy (non-hydrogen) atoms. The van der Waals surface area contributed by atoms with Crippen LogP contribution in [0.2, 0.25) is 0 Å². The fraction of sp³-hybridized carbons (Fsp3) is 0. The Kier molecular flexibility index (Phi) is 19.7. The van der Waals surface area contributed by atoms with Gasteiger partial charge in [0.25, 0.3) is 0 Å². The average Bonchev–Trinajstić information content (AvgIpc) is 1.55. The third-order valence-corrected chi connectivity index (χ3v) is 31.2. The van der Waals surface area contributed by atoms with Crippen LogP contribution in [-0.2, 0) is 0 Å². The zero-order valence-electron chi connectivity index (χ0n) is 79.3. The molecule has 0 spiro atoms. The minimum atomic E-state index is 0.913. The second kappa shape index (κ2) is 34.4. The highest BCUT2D eigenvalue weighted by atomic mass is 32.1. The number of thiophene rings is 1. The number of benzene rings is 23. The number of furan rings is 1. The van der Waals surface area contributed by atoms with E-state index in [-0.39, 0.29) is 0 Å². The quantitative estimate of drug-likeness (QED) is 0.120. The summed E-state index contributed by atoms with van der Waals surface area (Å²) in [4.78, 5) is 0. The summed E-state index contributed by atoms with van der Waals surface area (Å²) in [6, 6.07) is 193. The van der Waals surface area contributed by atoms with Gasteiger partial charge in [0.05, 0.1) is 66.2 Å². The molecule has 0 atom stereocenters. The van der Waals surface area contributed by atoms with Gasteiger partial charge >= 0.3 is 0 Å². The largest absolute Gasteiger partial charge is 0.455 e. The smallest absolute Gasteiger partial charge is 0.143 e. The molecule has 8 aromatic heterocycles. The van der Waals surface area contributed by atoms with E-state index in [1.807, 2.05) is 23.5 Å². The molecule has 0 N–H and O–H groups in total. The van der Waals surface area contributed by atoms with Crippen LogP contribution in [-0.4, -0.2) is 27.4 Å². The third-order valence-electron chi connectivity index (χ3n) is 29.9. The molecule has 0 bridgehead atoms. The van der Waals surface area contributed by atoms with Crippen LogP contribution in [0.1, 0.15) is 0 Å². The van der Waals surface area contributed by atoms with E-state index in [2.05, 4.69) is 549 Å². The third kappa shape index (κ3) is 13.4. The van der Waals surface area contributed by atoms with Crippen LogP contribution in [0.3, 0.4) is 0 Å². The number of nitrogens with zero attached hydrogens (tertiary/aromatic N) is 6. The molecule has 31 rings (SSSR count). The van der Waals surface area contributed by atoms with E-state index in [1.165, 1.54) is 207 Å². The van der Waals surface area contributed by atoms with Gasteiger partial charge in [-0.15, -0.1) is 11.3 Å². The molecule has 682 valence electrons. The van der Waals surface area contributed by atoms with Crippen LogP contribution < -0.4 is 0 Å². The fourth-order valence-corrected chi connectivity index (χ4v) is 24.8. The lowest BCUT2D eigenvalue weighted by Gasteiger charge is -2.14. The van der Waals surface area contributed by atoms with E-state index >= 15 is 0 Å². The lowest BCUT2D eigenvalue weighted by atomic mass is 9.95. The van der Waals surface area contributed by atoms with Crippen molar-refractivity contribution < 1.29 is 4.42 Å². The standard InChI is InChI=1S/C48H30N2O.C48H30N2S.C42H28N2/c2*1-3-14-33(15-4-1)49-42-23-10-7-18-36(42)41-30-40(46-45(47(41)49)39-20-8-11-24-43(39)50(46)34-16-5-2-6-17-34)32-28-26-31(27-29-32)35-21-13-22-38-37-19-9-12-25-44(37)51-48(35)38;1-3-12-29(13-4-1)31-22-24-33(25-23-31)43-37-20-9-7-18-35(37)41-39(43)26-27-40-42(41)36-19-8-10-21-38(36)44(40)34-17-11-16-32(28-34)30-14-5-2-6-15-30/h2*1-30H;1-28H. The van der Waals surface area contributed by atoms with Gasteiger partial charge in [0.1, 0.15) is 11.2 Å². The number of rotatable bonds is 12. The number of hydrogen-bond acceptors (Lipinski definition) is 2. The van der Waals surface area contributed by atoms with E-state index in [0.29, 0.717) is 0 Å². The van der Waals surface area contributed by atoms with Gasteiger partial charge in [-0.3, -0.25) is 0 Å². The summed E-state index contributed by atoms with van der Waals surface area (Å²) >= 11 is 1.88. The lowest BCUT2D eigenvalue weighted by Crippen LogP contribution is -1.97. The molecule has 8 heterocycles. The molecule has 31 aromatic rings. The maximum Gasteiger partial charge on any atom is 0.143 e. The second-order valence-corrected chi connectivity index (χ2v) is 39.0. The molecule has 0 amide bonds. The van der Waals surface area contributed by atoms with Crippen molar-refractivity contribution in [3.63, 3.8) is 0 Å². The highest BCUT2D eigenvalue weighted by Gasteiger charge is 2.30. The summed E-state index contributed by atoms with van der Waals surface area (Å²) in [6.07, 6.45) is 0. The minimum Gasteiger partial charge on any atom is -0.455 e. The summed E-state index contributed by atoms with van der Waals surface area (Å²) in [7, 11) is 0. The van der Waals surface area contributed by atoms with Gasteiger partial charge in [-0.1, -0.05) is 388 Å². The molecule has 7 nitrogen and oxygen atoms in total. The Morgan fingerprint density at radius 2 is 0.452 bits per heavy atom. The van der Waals surface area contributed by atoms with Crippen LogP contribution in [0.4, 0.5) is 0 Å². The number of fused-ring (bicyclic) bond motifs is 27. The zero-order valence-corrected chi connectivity index (χ0v) is 80.1. The van der Waals surface area contributed by atoms with Gasteiger partial charge in [0.15, 0.2) is 0 Å². The van der Waals surface area contributed by atoms with Crippen molar-refractivity contribution in [2.45, 2.75) is 0 Å². The normalized spacial score (nSPS) is 11.8. The number of aromatic nitrogens is 6. The predicted molar refractivity (Wildman–Crippen MR) is 618 cm³/mol. The molecular weight excluding hydrogens is 1790 g/mol. The lowest BCUT2D eigenvalue weighted by molar-refractivity contribution is 0.670. The first kappa shape index (κ1) is 83.8. The molecule has 23 aromatic carbocycles. The molecule has 0 aliphatic rings. The molecule has 0 aliphatic carbocycles. The summed E-state index contributed by atoms with van der Waals surface area (Å²) in [6.45, 7) is 0. The van der Waals surface area contributed by atoms with Crippen molar-refractivity contribution in [2.24, 2.45) is 0 Å². The van der Waals surface area contributed by atoms with Gasteiger partial charge in [0.2, 0.25) is 0 Å². The molecule has 0 fully saturated rings. The Morgan fingerprint density at radius 1 is 0.151 bits per heavy atom. The van der Waals surface area contributed by atoms with E-state index in [4.69, 9.17) is 4.42 Å². The minimum absolute atomic E-state index is 0.913. The number of hydrogen-bond donors (Lipinski definition) is 0. The van der Waals surface area contributed by atoms with Crippen LogP contribution in [0.5, 0.6) is 0 Å². The van der Waals surface area contributed by atoms with E-state index in [9.17, 15) is 0 Å². The highest BCUT2D eigenvalue weighted by Crippen LogP contribution is 2.52. The van der Waals surface area contributed by atoms with Crippen LogP contribution in [0, 0.1) is 0 Å². The average molecular weight is 1880 g/mol. The van der Waals surface area contributed by atoms with Gasteiger partial charge < -0.3 is 31.8 Å². The fourth-order valence-electron chi connectivity index (χ4n) is 23.6. The molecule has 0 radical (unpaired) electrons. The van der Waals surface area contributed by atoms with E-state index in [1.54, 1.807) is 0 Å². The van der Waals surface area contributed by atoms with Gasteiger partial charge in [0, 0.05) is 146 Å². The Labute approximate surface area is 844 Å². The summed E-state index contributed by atoms with van der Waals surface area (Å²) < 4.78 is 23.8. The maximum atomic E-state index is 6.43. The van der Waals surface area contributed by atoms with Crippen LogP contribution in [0.25, 0.3) is 274 Å². The van der Waals surface area contributed by atoms with Crippen molar-refractivity contribution in [3.05, 3.63) is 534 Å². The van der Waals surface area contributed by atoms with Gasteiger partial charge in [-0.2, -0.15) is 0 Å². The van der Waals surface area contributed by atoms with Crippen LogP contribution >= 0.6 is 11.3 Å². The monoisotopic (exact) mass is 1880 g/mol. The van der Waals surface area contributed by atoms with E-state index in [0.717, 1.165) is 67.2 Å². The van der Waals surface area contributed by atoms with Crippen molar-refractivity contribution in [1.29, 1.82) is 0 Å². The molecule has 8 heteroatoms. The Balaban J connectivity index is 0.000000104.